The summed E-state index contributed by atoms with van der Waals surface area (Å²) >= 11 is 0. The molecule has 2 aliphatic rings. The maximum atomic E-state index is 12.6. The fourth-order valence-corrected chi connectivity index (χ4v) is 4.57. The molecular formula is C21H27N5O2. The Morgan fingerprint density at radius 1 is 1.11 bits per heavy atom. The second kappa shape index (κ2) is 7.30. The standard InChI is InChI=1S/C21H27N5O2/c1-16-14-22-19-21(26(17(2)27)13-12-25(16)19)8-10-24(11-9-21)20(28)23-15-18-6-4-3-5-7-18/h3-7,14H,8-13,15H2,1-2H3,(H,23,28). The second-order valence-corrected chi connectivity index (χ2v) is 7.71. The van der Waals surface area contributed by atoms with E-state index in [0.29, 0.717) is 39.0 Å². The molecule has 28 heavy (non-hydrogen) atoms. The number of hydrogen-bond acceptors (Lipinski definition) is 3. The van der Waals surface area contributed by atoms with Gasteiger partial charge in [0.25, 0.3) is 0 Å². The van der Waals surface area contributed by atoms with Crippen LogP contribution in [0.2, 0.25) is 0 Å². The van der Waals surface area contributed by atoms with Crippen molar-refractivity contribution in [1.82, 2.24) is 24.7 Å². The number of urea groups is 1. The normalized spacial score (nSPS) is 18.1. The van der Waals surface area contributed by atoms with E-state index in [1.165, 1.54) is 0 Å². The van der Waals surface area contributed by atoms with Crippen LogP contribution in [0.3, 0.4) is 0 Å². The van der Waals surface area contributed by atoms with E-state index in [1.807, 2.05) is 46.3 Å². The molecular weight excluding hydrogens is 354 g/mol. The molecule has 1 spiro atoms. The van der Waals surface area contributed by atoms with Gasteiger partial charge < -0.3 is 19.7 Å². The first kappa shape index (κ1) is 18.5. The van der Waals surface area contributed by atoms with E-state index in [1.54, 1.807) is 6.92 Å². The first-order valence-electron chi connectivity index (χ1n) is 9.89. The number of nitrogens with zero attached hydrogens (tertiary/aromatic N) is 4. The van der Waals surface area contributed by atoms with Crippen molar-refractivity contribution in [2.75, 3.05) is 19.6 Å². The highest BCUT2D eigenvalue weighted by Gasteiger charge is 2.48. The fraction of sp³-hybridized carbons (Fsp3) is 0.476. The maximum Gasteiger partial charge on any atom is 0.317 e. The van der Waals surface area contributed by atoms with E-state index in [2.05, 4.69) is 21.8 Å². The number of hydrogen-bond donors (Lipinski definition) is 1. The topological polar surface area (TPSA) is 70.5 Å². The third kappa shape index (κ3) is 3.15. The van der Waals surface area contributed by atoms with Crippen molar-refractivity contribution in [2.45, 2.75) is 45.3 Å². The van der Waals surface area contributed by atoms with Crippen LogP contribution in [0.1, 0.15) is 36.8 Å². The van der Waals surface area contributed by atoms with Gasteiger partial charge in [-0.05, 0) is 25.3 Å². The summed E-state index contributed by atoms with van der Waals surface area (Å²) in [6.45, 7) is 6.90. The summed E-state index contributed by atoms with van der Waals surface area (Å²) in [6, 6.07) is 9.85. The molecule has 2 aromatic rings. The predicted molar refractivity (Wildman–Crippen MR) is 106 cm³/mol. The molecule has 0 aliphatic carbocycles. The third-order valence-corrected chi connectivity index (χ3v) is 6.08. The van der Waals surface area contributed by atoms with Gasteiger partial charge in [0.2, 0.25) is 5.91 Å². The van der Waals surface area contributed by atoms with Crippen molar-refractivity contribution in [2.24, 2.45) is 0 Å². The van der Waals surface area contributed by atoms with Gasteiger partial charge in [0.15, 0.2) is 0 Å². The van der Waals surface area contributed by atoms with Crippen molar-refractivity contribution in [3.05, 3.63) is 53.6 Å². The van der Waals surface area contributed by atoms with Crippen molar-refractivity contribution in [3.63, 3.8) is 0 Å². The number of piperidine rings is 1. The Morgan fingerprint density at radius 3 is 2.50 bits per heavy atom. The summed E-state index contributed by atoms with van der Waals surface area (Å²) < 4.78 is 2.23. The van der Waals surface area contributed by atoms with E-state index in [-0.39, 0.29) is 11.9 Å². The lowest BCUT2D eigenvalue weighted by Crippen LogP contribution is -2.60. The lowest BCUT2D eigenvalue weighted by Gasteiger charge is -2.50. The van der Waals surface area contributed by atoms with Gasteiger partial charge in [-0.15, -0.1) is 0 Å². The smallest absolute Gasteiger partial charge is 0.317 e. The molecule has 0 radical (unpaired) electrons. The molecule has 7 heteroatoms. The molecule has 3 heterocycles. The Bertz CT molecular complexity index is 868. The zero-order valence-corrected chi connectivity index (χ0v) is 16.5. The van der Waals surface area contributed by atoms with Crippen molar-refractivity contribution in [3.8, 4) is 0 Å². The number of imidazole rings is 1. The van der Waals surface area contributed by atoms with Crippen LogP contribution >= 0.6 is 0 Å². The summed E-state index contributed by atoms with van der Waals surface area (Å²) in [5, 5.41) is 3.00. The van der Waals surface area contributed by atoms with Crippen LogP contribution in [0.5, 0.6) is 0 Å². The van der Waals surface area contributed by atoms with Gasteiger partial charge in [-0.1, -0.05) is 30.3 Å². The number of fused-ring (bicyclic) bond motifs is 2. The van der Waals surface area contributed by atoms with Gasteiger partial charge in [0.1, 0.15) is 11.4 Å². The van der Waals surface area contributed by atoms with Gasteiger partial charge in [0, 0.05) is 51.5 Å². The lowest BCUT2D eigenvalue weighted by atomic mass is 9.83. The minimum atomic E-state index is -0.408. The highest BCUT2D eigenvalue weighted by molar-refractivity contribution is 5.76. The first-order chi connectivity index (χ1) is 13.5. The van der Waals surface area contributed by atoms with Crippen LogP contribution in [0, 0.1) is 6.92 Å². The number of aryl methyl sites for hydroxylation is 1. The molecule has 1 saturated heterocycles. The molecule has 1 N–H and O–H groups in total. The van der Waals surface area contributed by atoms with Gasteiger partial charge in [-0.3, -0.25) is 4.79 Å². The van der Waals surface area contributed by atoms with Crippen molar-refractivity contribution in [1.29, 1.82) is 0 Å². The van der Waals surface area contributed by atoms with Crippen LogP contribution in [0.15, 0.2) is 36.5 Å². The average molecular weight is 381 g/mol. The summed E-state index contributed by atoms with van der Waals surface area (Å²) in [6.07, 6.45) is 3.31. The number of amides is 3. The number of carbonyl (C=O) groups excluding carboxylic acids is 2. The SMILES string of the molecule is CC(=O)N1CCn2c(C)cnc2C12CCN(C(=O)NCc1ccccc1)CC2. The number of nitrogens with one attached hydrogen (secondary N) is 1. The molecule has 1 fully saturated rings. The molecule has 4 rings (SSSR count). The number of rotatable bonds is 2. The highest BCUT2D eigenvalue weighted by atomic mass is 16.2. The van der Waals surface area contributed by atoms with Crippen LogP contribution in [0.25, 0.3) is 0 Å². The van der Waals surface area contributed by atoms with Crippen LogP contribution in [-0.4, -0.2) is 50.9 Å². The second-order valence-electron chi connectivity index (χ2n) is 7.71. The zero-order chi connectivity index (χ0) is 19.7. The molecule has 7 nitrogen and oxygen atoms in total. The Balaban J connectivity index is 1.47. The monoisotopic (exact) mass is 381 g/mol. The largest absolute Gasteiger partial charge is 0.334 e. The Hall–Kier alpha value is -2.83. The number of carbonyl (C=O) groups is 2. The van der Waals surface area contributed by atoms with Crippen molar-refractivity contribution >= 4 is 11.9 Å². The zero-order valence-electron chi connectivity index (χ0n) is 16.5. The number of benzene rings is 1. The van der Waals surface area contributed by atoms with Crippen LogP contribution < -0.4 is 5.32 Å². The van der Waals surface area contributed by atoms with Gasteiger partial charge in [-0.25, -0.2) is 9.78 Å². The summed E-state index contributed by atoms with van der Waals surface area (Å²) in [7, 11) is 0. The molecule has 0 unspecified atom stereocenters. The summed E-state index contributed by atoms with van der Waals surface area (Å²) in [4.78, 5) is 33.5. The Morgan fingerprint density at radius 2 is 1.82 bits per heavy atom. The quantitative estimate of drug-likeness (QED) is 0.867. The fourth-order valence-electron chi connectivity index (χ4n) is 4.57. The van der Waals surface area contributed by atoms with E-state index < -0.39 is 5.54 Å². The van der Waals surface area contributed by atoms with Crippen LogP contribution in [-0.2, 0) is 23.4 Å². The maximum absolute atomic E-state index is 12.6. The van der Waals surface area contributed by atoms with E-state index >= 15 is 0 Å². The van der Waals surface area contributed by atoms with Crippen LogP contribution in [0.4, 0.5) is 4.79 Å². The molecule has 0 bridgehead atoms. The minimum Gasteiger partial charge on any atom is -0.334 e. The minimum absolute atomic E-state index is 0.0524. The third-order valence-electron chi connectivity index (χ3n) is 6.08. The number of aromatic nitrogens is 2. The lowest BCUT2D eigenvalue weighted by molar-refractivity contribution is -0.140. The highest BCUT2D eigenvalue weighted by Crippen LogP contribution is 2.41. The van der Waals surface area contributed by atoms with Gasteiger partial charge in [-0.2, -0.15) is 0 Å². The average Bonchev–Trinajstić information content (AvgIpc) is 3.09. The summed E-state index contributed by atoms with van der Waals surface area (Å²) in [5.41, 5.74) is 1.80. The van der Waals surface area contributed by atoms with E-state index in [4.69, 9.17) is 0 Å². The number of likely N-dealkylation sites (tertiary alicyclic amines) is 1. The predicted octanol–water partition coefficient (Wildman–Crippen LogP) is 2.25. The molecule has 2 aliphatic heterocycles. The van der Waals surface area contributed by atoms with Gasteiger partial charge in [0.05, 0.1) is 0 Å². The first-order valence-corrected chi connectivity index (χ1v) is 9.89. The van der Waals surface area contributed by atoms with Crippen molar-refractivity contribution < 1.29 is 9.59 Å². The molecule has 0 saturated carbocycles. The molecule has 1 aromatic carbocycles. The Labute approximate surface area is 165 Å². The molecule has 3 amide bonds. The molecule has 0 atom stereocenters. The molecule has 1 aromatic heterocycles. The van der Waals surface area contributed by atoms with E-state index in [9.17, 15) is 9.59 Å². The van der Waals surface area contributed by atoms with E-state index in [0.717, 1.165) is 23.6 Å². The Kier molecular flexibility index (Phi) is 4.83. The van der Waals surface area contributed by atoms with Gasteiger partial charge >= 0.3 is 6.03 Å². The molecule has 148 valence electrons. The summed E-state index contributed by atoms with van der Waals surface area (Å²) in [5.74, 6) is 1.05.